The Morgan fingerprint density at radius 1 is 1.07 bits per heavy atom. The van der Waals surface area contributed by atoms with Gasteiger partial charge < -0.3 is 14.8 Å². The lowest BCUT2D eigenvalue weighted by atomic mass is 10.2. The first kappa shape index (κ1) is 23.0. The molecule has 1 N–H and O–H groups in total. The van der Waals surface area contributed by atoms with Crippen molar-refractivity contribution >= 4 is 12.2 Å². The van der Waals surface area contributed by atoms with Gasteiger partial charge in [0, 0.05) is 6.54 Å². The fourth-order valence-corrected chi connectivity index (χ4v) is 3.22. The van der Waals surface area contributed by atoms with Crippen LogP contribution in [-0.4, -0.2) is 52.6 Å². The highest BCUT2D eigenvalue weighted by Crippen LogP contribution is 2.24. The highest BCUT2D eigenvalue weighted by Gasteiger charge is 2.35. The standard InChI is InChI=1S/C22H35N3O4/c1-21(2,3)28-19(26)23-16-24-14-10-13-18(24)25(20(27)29-22(4,5)6)15-17-11-8-7-9-12-17/h7-9,11-12,18H,10,13-16H2,1-6H3,(H,23,26). The Balaban J connectivity index is 2.10. The van der Waals surface area contributed by atoms with Crippen LogP contribution in [0.3, 0.4) is 0 Å². The van der Waals surface area contributed by atoms with Crippen molar-refractivity contribution in [2.45, 2.75) is 78.3 Å². The van der Waals surface area contributed by atoms with Gasteiger partial charge in [0.15, 0.2) is 0 Å². The van der Waals surface area contributed by atoms with Gasteiger partial charge in [-0.1, -0.05) is 30.3 Å². The second kappa shape index (κ2) is 9.48. The predicted molar refractivity (Wildman–Crippen MR) is 112 cm³/mol. The van der Waals surface area contributed by atoms with E-state index in [2.05, 4.69) is 10.2 Å². The number of amides is 2. The van der Waals surface area contributed by atoms with Crippen molar-refractivity contribution in [1.82, 2.24) is 15.1 Å². The van der Waals surface area contributed by atoms with Crippen LogP contribution in [0.1, 0.15) is 59.9 Å². The Labute approximate surface area is 174 Å². The summed E-state index contributed by atoms with van der Waals surface area (Å²) < 4.78 is 11.0. The maximum atomic E-state index is 13.0. The largest absolute Gasteiger partial charge is 0.444 e. The van der Waals surface area contributed by atoms with E-state index in [9.17, 15) is 9.59 Å². The maximum Gasteiger partial charge on any atom is 0.411 e. The summed E-state index contributed by atoms with van der Waals surface area (Å²) in [6.45, 7) is 12.6. The lowest BCUT2D eigenvalue weighted by Crippen LogP contribution is -2.52. The molecule has 2 amide bonds. The molecule has 7 heteroatoms. The van der Waals surface area contributed by atoms with Gasteiger partial charge in [-0.3, -0.25) is 9.80 Å². The van der Waals surface area contributed by atoms with E-state index in [1.165, 1.54) is 0 Å². The van der Waals surface area contributed by atoms with E-state index in [0.29, 0.717) is 13.2 Å². The van der Waals surface area contributed by atoms with Crippen LogP contribution in [0, 0.1) is 0 Å². The van der Waals surface area contributed by atoms with Gasteiger partial charge in [-0.15, -0.1) is 0 Å². The van der Waals surface area contributed by atoms with Gasteiger partial charge in [-0.25, -0.2) is 9.59 Å². The zero-order valence-corrected chi connectivity index (χ0v) is 18.5. The molecule has 1 unspecified atom stereocenters. The van der Waals surface area contributed by atoms with E-state index < -0.39 is 17.3 Å². The normalized spacial score (nSPS) is 17.7. The fourth-order valence-electron chi connectivity index (χ4n) is 3.22. The minimum Gasteiger partial charge on any atom is -0.444 e. The van der Waals surface area contributed by atoms with E-state index in [1.54, 1.807) is 4.90 Å². The van der Waals surface area contributed by atoms with Gasteiger partial charge >= 0.3 is 12.2 Å². The Morgan fingerprint density at radius 3 is 2.28 bits per heavy atom. The number of ether oxygens (including phenoxy) is 2. The van der Waals surface area contributed by atoms with Gasteiger partial charge in [0.25, 0.3) is 0 Å². The minimum atomic E-state index is -0.579. The van der Waals surface area contributed by atoms with E-state index in [0.717, 1.165) is 24.9 Å². The summed E-state index contributed by atoms with van der Waals surface area (Å²) in [6, 6.07) is 9.86. The van der Waals surface area contributed by atoms with Gasteiger partial charge in [0.05, 0.1) is 19.4 Å². The first-order chi connectivity index (χ1) is 13.4. The molecule has 7 nitrogen and oxygen atoms in total. The molecule has 162 valence electrons. The molecule has 1 aliphatic heterocycles. The Hall–Kier alpha value is -2.28. The summed E-state index contributed by atoms with van der Waals surface area (Å²) in [6.07, 6.45) is 0.794. The molecular formula is C22H35N3O4. The van der Waals surface area contributed by atoms with Gasteiger partial charge in [0.2, 0.25) is 0 Å². The SMILES string of the molecule is CC(C)(C)OC(=O)NCN1CCCC1N(Cc1ccccc1)C(=O)OC(C)(C)C. The van der Waals surface area contributed by atoms with Crippen LogP contribution in [0.4, 0.5) is 9.59 Å². The molecule has 0 bridgehead atoms. The fraction of sp³-hybridized carbons (Fsp3) is 0.636. The summed E-state index contributed by atoms with van der Waals surface area (Å²) in [4.78, 5) is 28.9. The van der Waals surface area contributed by atoms with Crippen molar-refractivity contribution in [2.24, 2.45) is 0 Å². The van der Waals surface area contributed by atoms with Gasteiger partial charge in [-0.05, 0) is 59.9 Å². The second-order valence-corrected chi connectivity index (χ2v) is 9.37. The van der Waals surface area contributed by atoms with Crippen LogP contribution in [0.25, 0.3) is 0 Å². The lowest BCUT2D eigenvalue weighted by Gasteiger charge is -2.36. The summed E-state index contributed by atoms with van der Waals surface area (Å²) in [5.74, 6) is 0. The first-order valence-electron chi connectivity index (χ1n) is 10.2. The number of alkyl carbamates (subject to hydrolysis) is 1. The monoisotopic (exact) mass is 405 g/mol. The van der Waals surface area contributed by atoms with Crippen LogP contribution in [0.2, 0.25) is 0 Å². The Bertz CT molecular complexity index is 680. The summed E-state index contributed by atoms with van der Waals surface area (Å²) in [5.41, 5.74) is -0.0977. The number of carbonyl (C=O) groups is 2. The molecule has 1 atom stereocenters. The molecule has 1 heterocycles. The van der Waals surface area contributed by atoms with Gasteiger partial charge in [0.1, 0.15) is 11.2 Å². The molecule has 1 aliphatic rings. The number of carbonyl (C=O) groups excluding carboxylic acids is 2. The van der Waals surface area contributed by atoms with Crippen LogP contribution in [0.15, 0.2) is 30.3 Å². The molecule has 0 spiro atoms. The molecule has 0 aliphatic carbocycles. The third-order valence-electron chi connectivity index (χ3n) is 4.34. The highest BCUT2D eigenvalue weighted by molar-refractivity contribution is 5.69. The van der Waals surface area contributed by atoms with Crippen molar-refractivity contribution in [2.75, 3.05) is 13.2 Å². The molecule has 1 saturated heterocycles. The van der Waals surface area contributed by atoms with E-state index in [-0.39, 0.29) is 12.3 Å². The second-order valence-electron chi connectivity index (χ2n) is 9.37. The molecule has 2 rings (SSSR count). The molecule has 1 aromatic carbocycles. The van der Waals surface area contributed by atoms with E-state index >= 15 is 0 Å². The summed E-state index contributed by atoms with van der Waals surface area (Å²) in [5, 5.41) is 2.80. The maximum absolute atomic E-state index is 13.0. The number of hydrogen-bond donors (Lipinski definition) is 1. The molecule has 0 aromatic heterocycles. The van der Waals surface area contributed by atoms with Crippen LogP contribution in [0.5, 0.6) is 0 Å². The van der Waals surface area contributed by atoms with E-state index in [4.69, 9.17) is 9.47 Å². The van der Waals surface area contributed by atoms with Crippen LogP contribution in [-0.2, 0) is 16.0 Å². The van der Waals surface area contributed by atoms with Crippen molar-refractivity contribution in [3.05, 3.63) is 35.9 Å². The van der Waals surface area contributed by atoms with Crippen molar-refractivity contribution in [3.63, 3.8) is 0 Å². The molecule has 0 radical (unpaired) electrons. The first-order valence-corrected chi connectivity index (χ1v) is 10.2. The van der Waals surface area contributed by atoms with Crippen molar-refractivity contribution in [1.29, 1.82) is 0 Å². The Kier molecular flexibility index (Phi) is 7.52. The number of likely N-dealkylation sites (tertiary alicyclic amines) is 1. The topological polar surface area (TPSA) is 71.1 Å². The third kappa shape index (κ3) is 7.93. The summed E-state index contributed by atoms with van der Waals surface area (Å²) in [7, 11) is 0. The quantitative estimate of drug-likeness (QED) is 0.790. The minimum absolute atomic E-state index is 0.153. The number of nitrogens with zero attached hydrogens (tertiary/aromatic N) is 2. The molecular weight excluding hydrogens is 370 g/mol. The Morgan fingerprint density at radius 2 is 1.69 bits per heavy atom. The molecule has 29 heavy (non-hydrogen) atoms. The average Bonchev–Trinajstić information content (AvgIpc) is 3.04. The number of nitrogens with one attached hydrogen (secondary N) is 1. The van der Waals surface area contributed by atoms with Crippen LogP contribution < -0.4 is 5.32 Å². The smallest absolute Gasteiger partial charge is 0.411 e. The van der Waals surface area contributed by atoms with Crippen LogP contribution >= 0.6 is 0 Å². The highest BCUT2D eigenvalue weighted by atomic mass is 16.6. The zero-order chi connectivity index (χ0) is 21.7. The zero-order valence-electron chi connectivity index (χ0n) is 18.5. The summed E-state index contributed by atoms with van der Waals surface area (Å²) >= 11 is 0. The molecule has 0 saturated carbocycles. The van der Waals surface area contributed by atoms with Crippen molar-refractivity contribution < 1.29 is 19.1 Å². The average molecular weight is 406 g/mol. The molecule has 1 fully saturated rings. The number of hydrogen-bond acceptors (Lipinski definition) is 5. The molecule has 1 aromatic rings. The number of rotatable bonds is 5. The third-order valence-corrected chi connectivity index (χ3v) is 4.34. The predicted octanol–water partition coefficient (Wildman–Crippen LogP) is 4.33. The van der Waals surface area contributed by atoms with Crippen molar-refractivity contribution in [3.8, 4) is 0 Å². The number of benzene rings is 1. The van der Waals surface area contributed by atoms with Gasteiger partial charge in [-0.2, -0.15) is 0 Å². The lowest BCUT2D eigenvalue weighted by molar-refractivity contribution is -0.00796. The van der Waals surface area contributed by atoms with E-state index in [1.807, 2.05) is 71.9 Å².